The molecule has 150 valence electrons. The highest BCUT2D eigenvalue weighted by atomic mass is 35.5. The fraction of sp³-hybridized carbons (Fsp3) is 0.304. The van der Waals surface area contributed by atoms with Crippen LogP contribution in [0.25, 0.3) is 6.08 Å². The number of rotatable bonds is 4. The zero-order chi connectivity index (χ0) is 20.2. The van der Waals surface area contributed by atoms with E-state index in [0.717, 1.165) is 29.5 Å². The third-order valence-electron chi connectivity index (χ3n) is 5.15. The van der Waals surface area contributed by atoms with Gasteiger partial charge in [0.2, 0.25) is 0 Å². The van der Waals surface area contributed by atoms with Gasteiger partial charge in [-0.3, -0.25) is 9.69 Å². The van der Waals surface area contributed by atoms with Gasteiger partial charge < -0.3 is 4.90 Å². The molecule has 0 atom stereocenters. The summed E-state index contributed by atoms with van der Waals surface area (Å²) < 4.78 is 0. The average molecular weight is 426 g/mol. The molecule has 0 unspecified atom stereocenters. The smallest absolute Gasteiger partial charge is 0.266 e. The Morgan fingerprint density at radius 3 is 2.55 bits per heavy atom. The number of halogens is 1. The molecule has 2 fully saturated rings. The molecule has 2 aliphatic heterocycles. The van der Waals surface area contributed by atoms with Gasteiger partial charge in [-0.15, -0.1) is 0 Å². The molecule has 4 rings (SSSR count). The van der Waals surface area contributed by atoms with Gasteiger partial charge in [0.1, 0.15) is 0 Å². The molecular weight excluding hydrogens is 402 g/mol. The number of carbonyl (C=O) groups is 1. The molecule has 0 aliphatic carbocycles. The van der Waals surface area contributed by atoms with Crippen molar-refractivity contribution in [2.75, 3.05) is 24.5 Å². The first-order chi connectivity index (χ1) is 14.1. The number of nitrogens with zero attached hydrogens (tertiary/aromatic N) is 3. The zero-order valence-electron chi connectivity index (χ0n) is 16.5. The molecular formula is C23H24ClN3OS. The molecule has 2 heterocycles. The molecule has 2 aromatic rings. The highest BCUT2D eigenvalue weighted by Gasteiger charge is 2.32. The molecule has 0 radical (unpaired) electrons. The third kappa shape index (κ3) is 4.68. The van der Waals surface area contributed by atoms with Crippen LogP contribution in [0.3, 0.4) is 0 Å². The lowest BCUT2D eigenvalue weighted by molar-refractivity contribution is -0.122. The summed E-state index contributed by atoms with van der Waals surface area (Å²) in [6.07, 6.45) is 5.72. The van der Waals surface area contributed by atoms with Crippen molar-refractivity contribution in [3.05, 3.63) is 64.0 Å². The fourth-order valence-corrected chi connectivity index (χ4v) is 4.88. The first-order valence-electron chi connectivity index (χ1n) is 10.0. The first kappa shape index (κ1) is 20.0. The highest BCUT2D eigenvalue weighted by molar-refractivity contribution is 8.18. The summed E-state index contributed by atoms with van der Waals surface area (Å²) in [6.45, 7) is 4.80. The van der Waals surface area contributed by atoms with E-state index in [2.05, 4.69) is 17.0 Å². The summed E-state index contributed by atoms with van der Waals surface area (Å²) in [6, 6.07) is 15.8. The van der Waals surface area contributed by atoms with Crippen molar-refractivity contribution in [1.29, 1.82) is 0 Å². The molecule has 0 saturated carbocycles. The second-order valence-electron chi connectivity index (χ2n) is 7.17. The highest BCUT2D eigenvalue weighted by Crippen LogP contribution is 2.34. The summed E-state index contributed by atoms with van der Waals surface area (Å²) in [7, 11) is 0. The number of benzene rings is 2. The van der Waals surface area contributed by atoms with Crippen LogP contribution in [0.4, 0.5) is 11.4 Å². The normalized spacial score (nSPS) is 20.1. The van der Waals surface area contributed by atoms with E-state index in [1.165, 1.54) is 36.7 Å². The van der Waals surface area contributed by atoms with Gasteiger partial charge >= 0.3 is 0 Å². The van der Waals surface area contributed by atoms with Gasteiger partial charge in [-0.05, 0) is 86.0 Å². The van der Waals surface area contributed by atoms with E-state index in [1.54, 1.807) is 4.90 Å². The van der Waals surface area contributed by atoms with Crippen LogP contribution >= 0.6 is 23.4 Å². The second kappa shape index (κ2) is 9.06. The summed E-state index contributed by atoms with van der Waals surface area (Å²) in [5.41, 5.74) is 3.03. The van der Waals surface area contributed by atoms with E-state index in [4.69, 9.17) is 16.6 Å². The van der Waals surface area contributed by atoms with Crippen molar-refractivity contribution in [1.82, 2.24) is 4.90 Å². The van der Waals surface area contributed by atoms with Gasteiger partial charge in [0, 0.05) is 30.3 Å². The maximum absolute atomic E-state index is 12.8. The van der Waals surface area contributed by atoms with E-state index < -0.39 is 0 Å². The number of aliphatic imine (C=N–C) groups is 1. The monoisotopic (exact) mass is 425 g/mol. The largest absolute Gasteiger partial charge is 0.372 e. The molecule has 2 aromatic carbocycles. The van der Waals surface area contributed by atoms with Crippen LogP contribution in [-0.4, -0.2) is 35.6 Å². The van der Waals surface area contributed by atoms with Gasteiger partial charge in [-0.25, -0.2) is 4.99 Å². The Labute approximate surface area is 181 Å². The number of hydrogen-bond donors (Lipinski definition) is 0. The molecule has 1 amide bonds. The number of amidine groups is 1. The van der Waals surface area contributed by atoms with Crippen molar-refractivity contribution in [2.24, 2.45) is 4.99 Å². The Bertz CT molecular complexity index is 949. The molecule has 0 N–H and O–H groups in total. The minimum Gasteiger partial charge on any atom is -0.372 e. The minimum absolute atomic E-state index is 0.0128. The predicted octanol–water partition coefficient (Wildman–Crippen LogP) is 5.95. The third-order valence-corrected chi connectivity index (χ3v) is 6.39. The quantitative estimate of drug-likeness (QED) is 0.567. The van der Waals surface area contributed by atoms with Crippen molar-refractivity contribution in [3.63, 3.8) is 0 Å². The van der Waals surface area contributed by atoms with Crippen LogP contribution in [0.5, 0.6) is 0 Å². The summed E-state index contributed by atoms with van der Waals surface area (Å²) in [5.74, 6) is -0.0128. The number of hydrogen-bond acceptors (Lipinski definition) is 4. The Morgan fingerprint density at radius 2 is 1.86 bits per heavy atom. The Kier molecular flexibility index (Phi) is 6.26. The van der Waals surface area contributed by atoms with E-state index in [0.29, 0.717) is 16.5 Å². The van der Waals surface area contributed by atoms with Crippen molar-refractivity contribution < 1.29 is 4.79 Å². The van der Waals surface area contributed by atoms with Crippen LogP contribution in [0.15, 0.2) is 58.4 Å². The standard InChI is InChI=1S/C23H24ClN3OS/c1-2-27-22(28)21(16-17-7-6-8-18(24)15-17)29-23(27)25-19-9-11-20(12-10-19)26-13-4-3-5-14-26/h6-12,15-16H,2-5,13-14H2,1H3/b21-16-,25-23?. The Morgan fingerprint density at radius 1 is 1.10 bits per heavy atom. The lowest BCUT2D eigenvalue weighted by Crippen LogP contribution is -2.29. The summed E-state index contributed by atoms with van der Waals surface area (Å²) in [4.78, 5) is 22.4. The number of likely N-dealkylation sites (N-methyl/N-ethyl adjacent to an activating group) is 1. The second-order valence-corrected chi connectivity index (χ2v) is 8.62. The number of carbonyl (C=O) groups excluding carboxylic acids is 1. The predicted molar refractivity (Wildman–Crippen MR) is 124 cm³/mol. The van der Waals surface area contributed by atoms with E-state index in [-0.39, 0.29) is 5.91 Å². The van der Waals surface area contributed by atoms with Crippen molar-refractivity contribution in [2.45, 2.75) is 26.2 Å². The molecule has 2 aliphatic rings. The summed E-state index contributed by atoms with van der Waals surface area (Å²) >= 11 is 7.48. The number of piperidine rings is 1. The van der Waals surface area contributed by atoms with Crippen LogP contribution in [0.1, 0.15) is 31.7 Å². The molecule has 4 nitrogen and oxygen atoms in total. The summed E-state index contributed by atoms with van der Waals surface area (Å²) in [5, 5.41) is 1.38. The van der Waals surface area contributed by atoms with Crippen LogP contribution < -0.4 is 4.90 Å². The number of anilines is 1. The fourth-order valence-electron chi connectivity index (χ4n) is 3.62. The van der Waals surface area contributed by atoms with Crippen molar-refractivity contribution >= 4 is 51.9 Å². The number of thioether (sulfide) groups is 1. The maximum atomic E-state index is 12.8. The van der Waals surface area contributed by atoms with Gasteiger partial charge in [0.25, 0.3) is 5.91 Å². The van der Waals surface area contributed by atoms with Gasteiger partial charge in [0.05, 0.1) is 10.6 Å². The Hall–Kier alpha value is -2.24. The molecule has 0 spiro atoms. The SMILES string of the molecule is CCN1C(=O)/C(=C/c2cccc(Cl)c2)SC1=Nc1ccc(N2CCCCC2)cc1. The van der Waals surface area contributed by atoms with E-state index in [1.807, 2.05) is 49.4 Å². The first-order valence-corrected chi connectivity index (χ1v) is 11.2. The lowest BCUT2D eigenvalue weighted by atomic mass is 10.1. The molecule has 0 aromatic heterocycles. The molecule has 6 heteroatoms. The number of amides is 1. The van der Waals surface area contributed by atoms with E-state index in [9.17, 15) is 4.79 Å². The van der Waals surface area contributed by atoms with Crippen LogP contribution in [-0.2, 0) is 4.79 Å². The average Bonchev–Trinajstić information content (AvgIpc) is 3.03. The van der Waals surface area contributed by atoms with Gasteiger partial charge in [-0.1, -0.05) is 23.7 Å². The van der Waals surface area contributed by atoms with Crippen molar-refractivity contribution in [3.8, 4) is 0 Å². The molecule has 2 saturated heterocycles. The molecule has 29 heavy (non-hydrogen) atoms. The van der Waals surface area contributed by atoms with Crippen LogP contribution in [0, 0.1) is 0 Å². The topological polar surface area (TPSA) is 35.9 Å². The zero-order valence-corrected chi connectivity index (χ0v) is 18.0. The maximum Gasteiger partial charge on any atom is 0.266 e. The molecule has 0 bridgehead atoms. The van der Waals surface area contributed by atoms with Crippen LogP contribution in [0.2, 0.25) is 5.02 Å². The Balaban J connectivity index is 1.55. The van der Waals surface area contributed by atoms with E-state index >= 15 is 0 Å². The van der Waals surface area contributed by atoms with Gasteiger partial charge in [0.15, 0.2) is 5.17 Å². The van der Waals surface area contributed by atoms with Gasteiger partial charge in [-0.2, -0.15) is 0 Å². The minimum atomic E-state index is -0.0128. The lowest BCUT2D eigenvalue weighted by Gasteiger charge is -2.28.